The summed E-state index contributed by atoms with van der Waals surface area (Å²) in [6.45, 7) is 0.0577. The van der Waals surface area contributed by atoms with Gasteiger partial charge < -0.3 is 14.8 Å². The third-order valence-electron chi connectivity index (χ3n) is 5.15. The van der Waals surface area contributed by atoms with Crippen LogP contribution in [0.15, 0.2) is 77.7 Å². The van der Waals surface area contributed by atoms with Crippen LogP contribution < -0.4 is 19.1 Å². The van der Waals surface area contributed by atoms with Gasteiger partial charge in [0.15, 0.2) is 11.5 Å². The molecule has 7 nitrogen and oxygen atoms in total. The summed E-state index contributed by atoms with van der Waals surface area (Å²) in [5.41, 5.74) is 1.49. The zero-order chi connectivity index (χ0) is 24.6. The second-order valence-electron chi connectivity index (χ2n) is 7.44. The van der Waals surface area contributed by atoms with Crippen LogP contribution in [0, 0.1) is 0 Å². The number of methoxy groups -OCH3 is 2. The number of nitrogens with zero attached hydrogens (tertiary/aromatic N) is 1. The number of sulfonamides is 1. The molecule has 0 aliphatic rings. The second kappa shape index (κ2) is 11.8. The molecule has 0 radical (unpaired) electrons. The van der Waals surface area contributed by atoms with Gasteiger partial charge in [-0.1, -0.05) is 41.9 Å². The molecule has 9 heteroatoms. The van der Waals surface area contributed by atoms with E-state index in [9.17, 15) is 13.2 Å². The number of para-hydroxylation sites is 1. The summed E-state index contributed by atoms with van der Waals surface area (Å²) in [5.74, 6) is 0.290. The Hall–Kier alpha value is -3.23. The summed E-state index contributed by atoms with van der Waals surface area (Å²) in [7, 11) is -1.16. The van der Waals surface area contributed by atoms with Gasteiger partial charge in [-0.2, -0.15) is 0 Å². The summed E-state index contributed by atoms with van der Waals surface area (Å²) in [6.07, 6.45) is 1.48. The highest BCUT2D eigenvalue weighted by molar-refractivity contribution is 7.92. The van der Waals surface area contributed by atoms with Gasteiger partial charge in [0.05, 0.1) is 24.8 Å². The van der Waals surface area contributed by atoms with Crippen molar-refractivity contribution in [1.82, 2.24) is 5.32 Å². The number of carbonyl (C=O) groups is 1. The Labute approximate surface area is 205 Å². The molecule has 34 heavy (non-hydrogen) atoms. The minimum atomic E-state index is -4.06. The smallest absolute Gasteiger partial charge is 0.264 e. The Morgan fingerprint density at radius 3 is 2.26 bits per heavy atom. The number of benzene rings is 3. The Balaban J connectivity index is 1.73. The topological polar surface area (TPSA) is 84.9 Å². The second-order valence-corrected chi connectivity index (χ2v) is 9.74. The Morgan fingerprint density at radius 2 is 1.62 bits per heavy atom. The fraction of sp³-hybridized carbons (Fsp3) is 0.240. The number of amides is 1. The molecule has 3 aromatic rings. The normalized spacial score (nSPS) is 11.0. The van der Waals surface area contributed by atoms with E-state index in [1.807, 2.05) is 24.3 Å². The molecule has 0 saturated heterocycles. The zero-order valence-electron chi connectivity index (χ0n) is 19.0. The van der Waals surface area contributed by atoms with Crippen LogP contribution in [0.3, 0.4) is 0 Å². The van der Waals surface area contributed by atoms with Crippen molar-refractivity contribution in [2.45, 2.75) is 17.7 Å². The van der Waals surface area contributed by atoms with Gasteiger partial charge in [0.2, 0.25) is 5.91 Å². The fourth-order valence-electron chi connectivity index (χ4n) is 3.37. The van der Waals surface area contributed by atoms with Crippen LogP contribution in [0.2, 0.25) is 5.02 Å². The maximum Gasteiger partial charge on any atom is 0.264 e. The monoisotopic (exact) mass is 502 g/mol. The Kier molecular flexibility index (Phi) is 8.79. The van der Waals surface area contributed by atoms with E-state index in [1.54, 1.807) is 30.3 Å². The Bertz CT molecular complexity index is 1200. The maximum atomic E-state index is 13.5. The van der Waals surface area contributed by atoms with Crippen molar-refractivity contribution in [3.05, 3.63) is 83.4 Å². The number of hydrogen-bond donors (Lipinski definition) is 1. The molecule has 0 aromatic heterocycles. The van der Waals surface area contributed by atoms with Gasteiger partial charge in [-0.15, -0.1) is 0 Å². The number of rotatable bonds is 11. The minimum Gasteiger partial charge on any atom is -0.493 e. The van der Waals surface area contributed by atoms with Crippen LogP contribution >= 0.6 is 11.6 Å². The van der Waals surface area contributed by atoms with Crippen molar-refractivity contribution in [3.63, 3.8) is 0 Å². The number of ether oxygens (including phenoxy) is 2. The summed E-state index contributed by atoms with van der Waals surface area (Å²) >= 11 is 5.90. The summed E-state index contributed by atoms with van der Waals surface area (Å²) in [4.78, 5) is 12.7. The molecule has 1 N–H and O–H groups in total. The van der Waals surface area contributed by atoms with Crippen molar-refractivity contribution >= 4 is 33.2 Å². The average molecular weight is 503 g/mol. The van der Waals surface area contributed by atoms with Crippen LogP contribution in [0.1, 0.15) is 12.0 Å². The van der Waals surface area contributed by atoms with Crippen LogP contribution in [-0.2, 0) is 21.2 Å². The zero-order valence-corrected chi connectivity index (χ0v) is 20.6. The average Bonchev–Trinajstić information content (AvgIpc) is 2.86. The summed E-state index contributed by atoms with van der Waals surface area (Å²) in [5, 5.41) is 3.49. The highest BCUT2D eigenvalue weighted by atomic mass is 35.5. The SMILES string of the molecule is COc1ccc(S(=O)(=O)N(CC(=O)NCCCc2ccc(Cl)cc2)c2ccccc2)cc1OC. The molecular formula is C25H27ClN2O5S. The van der Waals surface area contributed by atoms with Gasteiger partial charge >= 0.3 is 0 Å². The van der Waals surface area contributed by atoms with Crippen molar-refractivity contribution in [2.24, 2.45) is 0 Å². The molecular weight excluding hydrogens is 476 g/mol. The highest BCUT2D eigenvalue weighted by Gasteiger charge is 2.28. The van der Waals surface area contributed by atoms with Crippen LogP contribution in [0.25, 0.3) is 0 Å². The summed E-state index contributed by atoms with van der Waals surface area (Å²) < 4.78 is 38.6. The number of anilines is 1. The molecule has 0 aliphatic heterocycles. The molecule has 0 aliphatic carbocycles. The molecule has 3 aromatic carbocycles. The first kappa shape index (κ1) is 25.4. The van der Waals surface area contributed by atoms with E-state index < -0.39 is 15.9 Å². The van der Waals surface area contributed by atoms with E-state index in [0.717, 1.165) is 16.3 Å². The van der Waals surface area contributed by atoms with E-state index in [2.05, 4.69) is 5.32 Å². The molecule has 0 atom stereocenters. The largest absolute Gasteiger partial charge is 0.493 e. The van der Waals surface area contributed by atoms with Gasteiger partial charge in [-0.3, -0.25) is 9.10 Å². The molecule has 1 amide bonds. The lowest BCUT2D eigenvalue weighted by Gasteiger charge is -2.24. The predicted octanol–water partition coefficient (Wildman–Crippen LogP) is 4.30. The molecule has 0 saturated carbocycles. The molecule has 0 spiro atoms. The van der Waals surface area contributed by atoms with E-state index in [1.165, 1.54) is 32.4 Å². The van der Waals surface area contributed by atoms with Gasteiger partial charge in [0.25, 0.3) is 10.0 Å². The van der Waals surface area contributed by atoms with Crippen molar-refractivity contribution in [3.8, 4) is 11.5 Å². The van der Waals surface area contributed by atoms with Crippen LogP contribution in [0.5, 0.6) is 11.5 Å². The molecule has 0 bridgehead atoms. The predicted molar refractivity (Wildman–Crippen MR) is 133 cm³/mol. The van der Waals surface area contributed by atoms with Crippen LogP contribution in [-0.4, -0.2) is 41.6 Å². The Morgan fingerprint density at radius 1 is 0.941 bits per heavy atom. The molecule has 180 valence electrons. The van der Waals surface area contributed by atoms with Gasteiger partial charge in [0.1, 0.15) is 6.54 Å². The fourth-order valence-corrected chi connectivity index (χ4v) is 4.93. The molecule has 0 unspecified atom stereocenters. The van der Waals surface area contributed by atoms with Crippen molar-refractivity contribution < 1.29 is 22.7 Å². The molecule has 3 rings (SSSR count). The van der Waals surface area contributed by atoms with E-state index in [0.29, 0.717) is 29.4 Å². The number of carbonyl (C=O) groups excluding carboxylic acids is 1. The van der Waals surface area contributed by atoms with Crippen molar-refractivity contribution in [1.29, 1.82) is 0 Å². The number of hydrogen-bond acceptors (Lipinski definition) is 5. The van der Waals surface area contributed by atoms with E-state index in [-0.39, 0.29) is 17.2 Å². The lowest BCUT2D eigenvalue weighted by Crippen LogP contribution is -2.41. The standard InChI is InChI=1S/C25H27ClN2O5S/c1-32-23-15-14-22(17-24(23)33-2)34(30,31)28(21-8-4-3-5-9-21)18-25(29)27-16-6-7-19-10-12-20(26)13-11-19/h3-5,8-15,17H,6-7,16,18H2,1-2H3,(H,27,29). The highest BCUT2D eigenvalue weighted by Crippen LogP contribution is 2.32. The number of nitrogens with one attached hydrogen (secondary N) is 1. The maximum absolute atomic E-state index is 13.5. The van der Waals surface area contributed by atoms with Gasteiger partial charge in [0, 0.05) is 17.6 Å². The van der Waals surface area contributed by atoms with Crippen molar-refractivity contribution in [2.75, 3.05) is 31.6 Å². The van der Waals surface area contributed by atoms with E-state index in [4.69, 9.17) is 21.1 Å². The number of aryl methyl sites for hydroxylation is 1. The quantitative estimate of drug-likeness (QED) is 0.395. The first-order chi connectivity index (χ1) is 16.3. The summed E-state index contributed by atoms with van der Waals surface area (Å²) in [6, 6.07) is 20.4. The third kappa shape index (κ3) is 6.42. The minimum absolute atomic E-state index is 0.00968. The third-order valence-corrected chi connectivity index (χ3v) is 7.17. The molecule has 0 fully saturated rings. The first-order valence-corrected chi connectivity index (χ1v) is 12.5. The van der Waals surface area contributed by atoms with Gasteiger partial charge in [-0.25, -0.2) is 8.42 Å². The van der Waals surface area contributed by atoms with Gasteiger partial charge in [-0.05, 0) is 54.8 Å². The number of halogens is 1. The van der Waals surface area contributed by atoms with Crippen LogP contribution in [0.4, 0.5) is 5.69 Å². The molecule has 0 heterocycles. The lowest BCUT2D eigenvalue weighted by atomic mass is 10.1. The first-order valence-electron chi connectivity index (χ1n) is 10.7. The van der Waals surface area contributed by atoms with E-state index >= 15 is 0 Å². The lowest BCUT2D eigenvalue weighted by molar-refractivity contribution is -0.119.